The van der Waals surface area contributed by atoms with Crippen LogP contribution in [0.25, 0.3) is 65.8 Å². The number of halogens is 6. The van der Waals surface area contributed by atoms with Crippen molar-refractivity contribution < 1.29 is 30.6 Å². The fraction of sp³-hybridized carbons (Fsp3) is 0.375. The molecule has 6 aliphatic rings. The van der Waals surface area contributed by atoms with E-state index >= 15 is 0 Å². The van der Waals surface area contributed by atoms with Gasteiger partial charge in [-0.2, -0.15) is 0 Å². The van der Waals surface area contributed by atoms with Crippen LogP contribution in [0.5, 0.6) is 0 Å². The minimum atomic E-state index is -0.870. The molecule has 0 bridgehead atoms. The molecule has 3 spiro atoms. The van der Waals surface area contributed by atoms with Crippen LogP contribution in [-0.2, 0) is 0 Å². The van der Waals surface area contributed by atoms with Crippen molar-refractivity contribution in [3.05, 3.63) is 191 Å². The smallest absolute Gasteiger partial charge is 0.143 e. The van der Waals surface area contributed by atoms with Gasteiger partial charge in [-0.05, 0) is 178 Å². The maximum atomic E-state index is 11.2. The first-order valence-corrected chi connectivity index (χ1v) is 36.5. The van der Waals surface area contributed by atoms with Crippen LogP contribution in [0.2, 0.25) is 15.5 Å². The molecule has 3 saturated carbocycles. The fourth-order valence-electron chi connectivity index (χ4n) is 17.1. The van der Waals surface area contributed by atoms with Crippen LogP contribution < -0.4 is 16.0 Å². The number of aromatic nitrogens is 12. The molecule has 3 aliphatic heterocycles. The average Bonchev–Trinajstić information content (AvgIpc) is 1.69. The number of benzene rings is 3. The summed E-state index contributed by atoms with van der Waals surface area (Å²) < 4.78 is 8.32. The van der Waals surface area contributed by atoms with Crippen LogP contribution in [0.3, 0.4) is 0 Å². The zero-order valence-electron chi connectivity index (χ0n) is 53.7. The van der Waals surface area contributed by atoms with Crippen molar-refractivity contribution in [1.82, 2.24) is 74.5 Å². The minimum absolute atomic E-state index is 0.0604. The second-order valence-electron chi connectivity index (χ2n) is 28.0. The summed E-state index contributed by atoms with van der Waals surface area (Å²) in [4.78, 5) is 39.6. The molecule has 12 aromatic rings. The number of nitrogens with one attached hydrogen (secondary N) is 3. The fourth-order valence-corrected chi connectivity index (χ4v) is 18.6. The van der Waals surface area contributed by atoms with Gasteiger partial charge < -0.3 is 60.3 Å². The Labute approximate surface area is 608 Å². The van der Waals surface area contributed by atoms with Gasteiger partial charge in [-0.25, -0.2) is 44.9 Å². The molecule has 12 heterocycles. The number of aliphatic hydroxyl groups excluding tert-OH is 6. The Bertz CT molecular complexity index is 4690. The monoisotopic (exact) mass is 1580 g/mol. The van der Waals surface area contributed by atoms with Crippen LogP contribution in [0.1, 0.15) is 109 Å². The van der Waals surface area contributed by atoms with E-state index in [4.69, 9.17) is 34.8 Å². The molecule has 99 heavy (non-hydrogen) atoms. The van der Waals surface area contributed by atoms with E-state index in [1.165, 1.54) is 0 Å². The molecular weight excluding hydrogens is 1520 g/mol. The third-order valence-electron chi connectivity index (χ3n) is 22.5. The number of nitrogens with zero attached hydrogens (tertiary/aromatic N) is 12. The molecule has 15 atom stereocenters. The summed E-state index contributed by atoms with van der Waals surface area (Å²) in [6.45, 7) is 7.74. The predicted octanol–water partition coefficient (Wildman–Crippen LogP) is 12.3. The Balaban J connectivity index is 0.000000116. The molecule has 27 heteroatoms. The molecule has 0 unspecified atom stereocenters. The first-order valence-electron chi connectivity index (χ1n) is 33.0. The van der Waals surface area contributed by atoms with Crippen molar-refractivity contribution in [2.45, 2.75) is 132 Å². The van der Waals surface area contributed by atoms with Gasteiger partial charge in [-0.15, -0.1) is 0 Å². The first kappa shape index (κ1) is 67.2. The molecule has 0 amide bonds. The van der Waals surface area contributed by atoms with Gasteiger partial charge in [0.1, 0.15) is 69.7 Å². The van der Waals surface area contributed by atoms with E-state index < -0.39 is 52.9 Å². The minimum Gasteiger partial charge on any atom is -0.390 e. The Morgan fingerprint density at radius 3 is 0.960 bits per heavy atom. The van der Waals surface area contributed by atoms with Crippen molar-refractivity contribution in [3.63, 3.8) is 0 Å². The van der Waals surface area contributed by atoms with Gasteiger partial charge >= 0.3 is 0 Å². The number of rotatable bonds is 6. The lowest BCUT2D eigenvalue weighted by Gasteiger charge is -2.27. The number of hydrogen-bond acceptors (Lipinski definition) is 18. The lowest BCUT2D eigenvalue weighted by atomic mass is 9.80. The highest BCUT2D eigenvalue weighted by Gasteiger charge is 2.59. The Kier molecular flexibility index (Phi) is 17.6. The summed E-state index contributed by atoms with van der Waals surface area (Å²) in [6.07, 6.45) is 9.56. The molecule has 510 valence electrons. The van der Waals surface area contributed by atoms with E-state index in [1.54, 1.807) is 19.0 Å². The van der Waals surface area contributed by atoms with Crippen molar-refractivity contribution in [2.75, 3.05) is 19.6 Å². The van der Waals surface area contributed by atoms with Crippen LogP contribution in [-0.4, -0.2) is 145 Å². The zero-order valence-corrected chi connectivity index (χ0v) is 60.8. The molecular formula is C72H69Br3Cl3N15O6. The third-order valence-corrected chi connectivity index (χ3v) is 25.8. The number of pyridine rings is 3. The Hall–Kier alpha value is -6.30. The molecule has 6 fully saturated rings. The van der Waals surface area contributed by atoms with Gasteiger partial charge in [0.2, 0.25) is 0 Å². The molecule has 3 aromatic carbocycles. The maximum Gasteiger partial charge on any atom is 0.143 e. The first-order chi connectivity index (χ1) is 47.6. The molecule has 3 saturated heterocycles. The molecule has 3 aliphatic carbocycles. The summed E-state index contributed by atoms with van der Waals surface area (Å²) in [5, 5.41) is 84.7. The molecule has 21 nitrogen and oxygen atoms in total. The van der Waals surface area contributed by atoms with Gasteiger partial charge in [0.15, 0.2) is 0 Å². The lowest BCUT2D eigenvalue weighted by molar-refractivity contribution is -0.0218. The van der Waals surface area contributed by atoms with Gasteiger partial charge in [-0.1, -0.05) is 71.2 Å². The summed E-state index contributed by atoms with van der Waals surface area (Å²) in [5.74, 6) is 0. The maximum absolute atomic E-state index is 11.2. The van der Waals surface area contributed by atoms with Crippen LogP contribution >= 0.6 is 82.6 Å². The average molecular weight is 1590 g/mol. The highest BCUT2D eigenvalue weighted by molar-refractivity contribution is 9.11. The van der Waals surface area contributed by atoms with E-state index in [1.807, 2.05) is 108 Å². The lowest BCUT2D eigenvalue weighted by Crippen LogP contribution is -2.38. The molecule has 9 N–H and O–H groups in total. The van der Waals surface area contributed by atoms with E-state index in [-0.39, 0.29) is 36.3 Å². The Morgan fingerprint density at radius 1 is 0.394 bits per heavy atom. The normalized spacial score (nSPS) is 29.6. The van der Waals surface area contributed by atoms with Gasteiger partial charge in [0.25, 0.3) is 0 Å². The van der Waals surface area contributed by atoms with E-state index in [0.717, 1.165) is 132 Å². The van der Waals surface area contributed by atoms with Crippen LogP contribution in [0, 0.1) is 37.0 Å². The van der Waals surface area contributed by atoms with Gasteiger partial charge in [-0.3, -0.25) is 0 Å². The number of aliphatic hydroxyl groups is 6. The Morgan fingerprint density at radius 2 is 0.677 bits per heavy atom. The van der Waals surface area contributed by atoms with Crippen molar-refractivity contribution in [2.24, 2.45) is 16.2 Å². The van der Waals surface area contributed by atoms with Crippen molar-refractivity contribution in [3.8, 4) is 0 Å². The summed E-state index contributed by atoms with van der Waals surface area (Å²) in [6, 6.07) is 29.8. The number of aryl methyl sites for hydroxylation is 3. The predicted molar refractivity (Wildman–Crippen MR) is 391 cm³/mol. The molecule has 18 rings (SSSR count). The van der Waals surface area contributed by atoms with Crippen LogP contribution in [0.15, 0.2) is 142 Å². The highest BCUT2D eigenvalue weighted by atomic mass is 79.9. The quantitative estimate of drug-likeness (QED) is 0.0699. The number of fused-ring (bicyclic) bond motifs is 6. The zero-order chi connectivity index (χ0) is 68.7. The third kappa shape index (κ3) is 11.6. The molecule has 9 aromatic heterocycles. The summed E-state index contributed by atoms with van der Waals surface area (Å²) in [7, 11) is 0. The van der Waals surface area contributed by atoms with Gasteiger partial charge in [0, 0.05) is 105 Å². The second kappa shape index (κ2) is 25.9. The highest BCUT2D eigenvalue weighted by Crippen LogP contribution is 2.56. The molecule has 0 radical (unpaired) electrons. The van der Waals surface area contributed by atoms with Crippen LogP contribution in [0.4, 0.5) is 0 Å². The number of hydrogen-bond donors (Lipinski definition) is 9. The summed E-state index contributed by atoms with van der Waals surface area (Å²) >= 11 is 28.9. The SMILES string of the molecule is Cc1ncnc2c1ccn2[C@@H]1C[C@@]2(CN[C@@H](c3ccc4cc(Br)c(Cl)nc4c3)C2)[C@@H](O)[C@H]1O.Cc1ncnc2c1ccn2[C@@H]1C[C@@]2(CN[C@H](c3ccc4cc(Br)c(Cl)nc4c3)C2)[C@@H](O)[C@H]1O.Cc1ncnc2c1ccn2[C@@H]1C[C@@]2(CN[C@H](c3ccc4cc(Br)c(Cl)nc4c3)C2)[C@@H](O)[C@H]1O. The summed E-state index contributed by atoms with van der Waals surface area (Å²) in [5.41, 5.74) is 9.63. The van der Waals surface area contributed by atoms with Gasteiger partial charge in [0.05, 0.1) is 83.5 Å². The van der Waals surface area contributed by atoms with E-state index in [2.05, 4.69) is 145 Å². The topological polar surface area (TPSA) is 288 Å². The van der Waals surface area contributed by atoms with E-state index in [9.17, 15) is 30.6 Å². The van der Waals surface area contributed by atoms with Crippen molar-refractivity contribution >= 4 is 148 Å². The second-order valence-corrected chi connectivity index (χ2v) is 31.7. The standard InChI is InChI=1S/3C24H23BrClN5O2/c3*1-12-15-4-5-31(23(15)29-11-28-12)19-9-24(21(33)20(19)32)8-18(27-10-24)14-3-2-13-6-16(25)22(26)30-17(13)7-14/h3*2-7,11,18-21,27,32-33H,8-10H2,1H3/t2*18-,19+,20-,21-,24-;18-,19-,20+,21+,24+/m001/s1. The van der Waals surface area contributed by atoms with Crippen molar-refractivity contribution in [1.29, 1.82) is 0 Å². The largest absolute Gasteiger partial charge is 0.390 e. The van der Waals surface area contributed by atoms with E-state index in [0.29, 0.717) is 54.4 Å².